The van der Waals surface area contributed by atoms with Crippen molar-refractivity contribution in [1.82, 2.24) is 10.2 Å². The highest BCUT2D eigenvalue weighted by atomic mass is 32.2. The summed E-state index contributed by atoms with van der Waals surface area (Å²) in [5.74, 6) is 0.398. The summed E-state index contributed by atoms with van der Waals surface area (Å²) >= 11 is 0.897. The number of thioether (sulfide) groups is 1. The summed E-state index contributed by atoms with van der Waals surface area (Å²) in [5, 5.41) is 1.24. The Kier molecular flexibility index (Phi) is 5.47. The molecule has 2 fully saturated rings. The van der Waals surface area contributed by atoms with Crippen molar-refractivity contribution in [2.24, 2.45) is 0 Å². The summed E-state index contributed by atoms with van der Waals surface area (Å²) in [4.78, 5) is 39.1. The van der Waals surface area contributed by atoms with E-state index in [2.05, 4.69) is 10.2 Å². The van der Waals surface area contributed by atoms with Crippen LogP contribution in [0.5, 0.6) is 5.75 Å². The molecule has 7 nitrogen and oxygen atoms in total. The van der Waals surface area contributed by atoms with Crippen molar-refractivity contribution in [2.75, 3.05) is 37.7 Å². The number of carbonyl (C=O) groups excluding carboxylic acids is 3. The average molecular weight is 363 g/mol. The topological polar surface area (TPSA) is 79.0 Å². The molecule has 25 heavy (non-hydrogen) atoms. The first kappa shape index (κ1) is 17.6. The third kappa shape index (κ3) is 4.07. The Morgan fingerprint density at radius 2 is 1.96 bits per heavy atom. The second-order valence-electron chi connectivity index (χ2n) is 5.86. The van der Waals surface area contributed by atoms with E-state index < -0.39 is 5.25 Å². The Labute approximate surface area is 150 Å². The van der Waals surface area contributed by atoms with E-state index in [9.17, 15) is 14.4 Å². The zero-order chi connectivity index (χ0) is 17.8. The van der Waals surface area contributed by atoms with Crippen LogP contribution in [0.4, 0.5) is 10.5 Å². The number of hydrogen-bond donors (Lipinski definition) is 1. The van der Waals surface area contributed by atoms with Crippen LogP contribution in [0.1, 0.15) is 13.3 Å². The number of amides is 3. The lowest BCUT2D eigenvalue weighted by Crippen LogP contribution is -2.49. The predicted octanol–water partition coefficient (Wildman–Crippen LogP) is 1.48. The molecule has 1 atom stereocenters. The summed E-state index contributed by atoms with van der Waals surface area (Å²) in [5.41, 5.74) is 1.03. The van der Waals surface area contributed by atoms with Gasteiger partial charge in [0.1, 0.15) is 11.0 Å². The van der Waals surface area contributed by atoms with Gasteiger partial charge in [-0.05, 0) is 19.1 Å². The predicted molar refractivity (Wildman–Crippen MR) is 95.9 cm³/mol. The van der Waals surface area contributed by atoms with Gasteiger partial charge in [-0.2, -0.15) is 0 Å². The second-order valence-corrected chi connectivity index (χ2v) is 7.03. The van der Waals surface area contributed by atoms with Gasteiger partial charge < -0.3 is 14.5 Å². The first-order valence-corrected chi connectivity index (χ1v) is 9.22. The normalized spacial score (nSPS) is 20.6. The van der Waals surface area contributed by atoms with Crippen molar-refractivity contribution in [3.8, 4) is 5.75 Å². The quantitative estimate of drug-likeness (QED) is 0.854. The number of nitrogens with zero attached hydrogens (tertiary/aromatic N) is 2. The van der Waals surface area contributed by atoms with E-state index in [1.165, 1.54) is 0 Å². The van der Waals surface area contributed by atoms with Crippen LogP contribution in [-0.2, 0) is 9.59 Å². The molecule has 8 heteroatoms. The summed E-state index contributed by atoms with van der Waals surface area (Å²) < 4.78 is 5.67. The highest BCUT2D eigenvalue weighted by molar-refractivity contribution is 8.15. The minimum atomic E-state index is -0.600. The molecule has 0 spiro atoms. The molecule has 0 bridgehead atoms. The lowest BCUT2D eigenvalue weighted by molar-refractivity contribution is -0.133. The molecule has 2 saturated heterocycles. The Bertz CT molecular complexity index is 674. The molecule has 3 rings (SSSR count). The van der Waals surface area contributed by atoms with Crippen LogP contribution in [-0.4, -0.2) is 60.0 Å². The van der Waals surface area contributed by atoms with Crippen molar-refractivity contribution >= 4 is 34.5 Å². The Morgan fingerprint density at radius 1 is 1.24 bits per heavy atom. The number of benzene rings is 1. The number of anilines is 1. The Balaban J connectivity index is 1.56. The number of nitrogens with one attached hydrogen (secondary N) is 1. The van der Waals surface area contributed by atoms with Gasteiger partial charge in [-0.15, -0.1) is 0 Å². The van der Waals surface area contributed by atoms with E-state index in [1.807, 2.05) is 31.2 Å². The third-order valence-corrected chi connectivity index (χ3v) is 5.25. The van der Waals surface area contributed by atoms with Gasteiger partial charge in [-0.25, -0.2) is 0 Å². The fraction of sp³-hybridized carbons (Fsp3) is 0.471. The average Bonchev–Trinajstić information content (AvgIpc) is 2.93. The fourth-order valence-corrected chi connectivity index (χ4v) is 3.82. The minimum absolute atomic E-state index is 0.0672. The zero-order valence-electron chi connectivity index (χ0n) is 14.1. The summed E-state index contributed by atoms with van der Waals surface area (Å²) in [6.07, 6.45) is 0.0672. The number of hydrogen-bond acceptors (Lipinski definition) is 6. The molecule has 0 aliphatic carbocycles. The molecule has 2 aliphatic heterocycles. The second kappa shape index (κ2) is 7.77. The van der Waals surface area contributed by atoms with Crippen molar-refractivity contribution in [3.05, 3.63) is 24.3 Å². The van der Waals surface area contributed by atoms with Crippen LogP contribution in [0.15, 0.2) is 24.3 Å². The van der Waals surface area contributed by atoms with Gasteiger partial charge in [-0.3, -0.25) is 19.7 Å². The molecule has 0 aromatic heterocycles. The molecule has 0 saturated carbocycles. The van der Waals surface area contributed by atoms with Crippen LogP contribution in [0.25, 0.3) is 0 Å². The number of carbonyl (C=O) groups is 3. The van der Waals surface area contributed by atoms with Crippen molar-refractivity contribution in [2.45, 2.75) is 18.6 Å². The van der Waals surface area contributed by atoms with E-state index in [1.54, 1.807) is 4.90 Å². The van der Waals surface area contributed by atoms with Crippen LogP contribution in [0, 0.1) is 0 Å². The molecule has 0 radical (unpaired) electrons. The van der Waals surface area contributed by atoms with Gasteiger partial charge >= 0.3 is 0 Å². The van der Waals surface area contributed by atoms with E-state index in [0.29, 0.717) is 32.8 Å². The smallest absolute Gasteiger partial charge is 0.286 e. The summed E-state index contributed by atoms with van der Waals surface area (Å²) in [6, 6.07) is 7.89. The zero-order valence-corrected chi connectivity index (χ0v) is 14.9. The van der Waals surface area contributed by atoms with E-state index in [0.717, 1.165) is 23.2 Å². The Morgan fingerprint density at radius 3 is 2.60 bits per heavy atom. The van der Waals surface area contributed by atoms with Gasteiger partial charge in [0.05, 0.1) is 12.3 Å². The molecule has 0 unspecified atom stereocenters. The van der Waals surface area contributed by atoms with E-state index >= 15 is 0 Å². The lowest BCUT2D eigenvalue weighted by Gasteiger charge is -2.37. The third-order valence-electron chi connectivity index (χ3n) is 4.27. The molecular formula is C17H21N3O4S. The first-order chi connectivity index (χ1) is 12.1. The SMILES string of the molecule is CCOc1ccccc1N1CCN(C(=O)C[C@H]2SC(=O)NC2=O)CC1. The number of piperazine rings is 1. The van der Waals surface area contributed by atoms with Crippen LogP contribution in [0.2, 0.25) is 0 Å². The van der Waals surface area contributed by atoms with E-state index in [4.69, 9.17) is 4.74 Å². The molecule has 1 N–H and O–H groups in total. The van der Waals surface area contributed by atoms with Gasteiger partial charge in [-0.1, -0.05) is 23.9 Å². The van der Waals surface area contributed by atoms with Crippen LogP contribution >= 0.6 is 11.8 Å². The lowest BCUT2D eigenvalue weighted by atomic mass is 10.2. The van der Waals surface area contributed by atoms with Crippen molar-refractivity contribution < 1.29 is 19.1 Å². The minimum Gasteiger partial charge on any atom is -0.492 e. The number of para-hydroxylation sites is 2. The van der Waals surface area contributed by atoms with Crippen molar-refractivity contribution in [3.63, 3.8) is 0 Å². The maximum atomic E-state index is 12.4. The maximum Gasteiger partial charge on any atom is 0.286 e. The van der Waals surface area contributed by atoms with Crippen molar-refractivity contribution in [1.29, 1.82) is 0 Å². The van der Waals surface area contributed by atoms with Gasteiger partial charge in [0.25, 0.3) is 5.24 Å². The highest BCUT2D eigenvalue weighted by Crippen LogP contribution is 2.29. The molecule has 3 amide bonds. The van der Waals surface area contributed by atoms with Crippen LogP contribution < -0.4 is 15.0 Å². The largest absolute Gasteiger partial charge is 0.492 e. The summed E-state index contributed by atoms with van der Waals surface area (Å²) in [6.45, 7) is 5.15. The molecule has 2 heterocycles. The standard InChI is InChI=1S/C17H21N3O4S/c1-2-24-13-6-4-3-5-12(13)19-7-9-20(10-8-19)15(21)11-14-16(22)18-17(23)25-14/h3-6,14H,2,7-11H2,1H3,(H,18,22,23)/t14-/m1/s1. The molecule has 2 aliphatic rings. The maximum absolute atomic E-state index is 12.4. The van der Waals surface area contributed by atoms with Gasteiger partial charge in [0.2, 0.25) is 11.8 Å². The van der Waals surface area contributed by atoms with Gasteiger partial charge in [0, 0.05) is 32.6 Å². The van der Waals surface area contributed by atoms with E-state index in [-0.39, 0.29) is 23.5 Å². The number of imide groups is 1. The molecule has 1 aromatic carbocycles. The Hall–Kier alpha value is -2.22. The van der Waals surface area contributed by atoms with Crippen LogP contribution in [0.3, 0.4) is 0 Å². The monoisotopic (exact) mass is 363 g/mol. The van der Waals surface area contributed by atoms with Gasteiger partial charge in [0.15, 0.2) is 0 Å². The molecule has 134 valence electrons. The molecule has 1 aromatic rings. The number of ether oxygens (including phenoxy) is 1. The number of rotatable bonds is 5. The fourth-order valence-electron chi connectivity index (χ4n) is 3.01. The highest BCUT2D eigenvalue weighted by Gasteiger charge is 2.35. The first-order valence-electron chi connectivity index (χ1n) is 8.34. The summed E-state index contributed by atoms with van der Waals surface area (Å²) in [7, 11) is 0. The molecular weight excluding hydrogens is 342 g/mol.